The van der Waals surface area contributed by atoms with E-state index in [-0.39, 0.29) is 5.54 Å². The Balaban J connectivity index is 1.63. The standard InChI is InChI=1S/C18H31N5O2/c1-2-19-17(20-14-16-6-11-25-22-16)21-15-18(7-4-3-5-8-18)23-9-12-24-13-10-23/h6,11H,2-5,7-10,12-15H2,1H3,(H2,19,20,21). The molecule has 0 amide bonds. The molecule has 2 heterocycles. The molecule has 1 aromatic heterocycles. The van der Waals surface area contributed by atoms with Crippen LogP contribution >= 0.6 is 0 Å². The first-order valence-electron chi connectivity index (χ1n) is 9.57. The summed E-state index contributed by atoms with van der Waals surface area (Å²) in [5.74, 6) is 0.851. The molecule has 2 aliphatic rings. The molecular weight excluding hydrogens is 318 g/mol. The van der Waals surface area contributed by atoms with Gasteiger partial charge in [0.25, 0.3) is 0 Å². The first-order valence-corrected chi connectivity index (χ1v) is 9.57. The third-order valence-corrected chi connectivity index (χ3v) is 5.29. The molecule has 0 atom stereocenters. The van der Waals surface area contributed by atoms with Gasteiger partial charge in [0.05, 0.1) is 19.8 Å². The highest BCUT2D eigenvalue weighted by atomic mass is 16.5. The number of aliphatic imine (C=N–C) groups is 1. The molecule has 3 rings (SSSR count). The Bertz CT molecular complexity index is 520. The van der Waals surface area contributed by atoms with Crippen molar-refractivity contribution in [1.82, 2.24) is 20.7 Å². The van der Waals surface area contributed by atoms with E-state index < -0.39 is 0 Å². The topological polar surface area (TPSA) is 74.9 Å². The summed E-state index contributed by atoms with van der Waals surface area (Å²) in [6.07, 6.45) is 8.07. The van der Waals surface area contributed by atoms with E-state index in [9.17, 15) is 0 Å². The minimum Gasteiger partial charge on any atom is -0.379 e. The average molecular weight is 349 g/mol. The number of aromatic nitrogens is 1. The number of morpholine rings is 1. The molecule has 0 spiro atoms. The van der Waals surface area contributed by atoms with Crippen LogP contribution in [0.2, 0.25) is 0 Å². The van der Waals surface area contributed by atoms with Crippen LogP contribution in [0.25, 0.3) is 0 Å². The first-order chi connectivity index (χ1) is 12.3. The Kier molecular flexibility index (Phi) is 6.69. The molecule has 0 unspecified atom stereocenters. The molecule has 0 radical (unpaired) electrons. The first kappa shape index (κ1) is 18.2. The number of nitrogens with one attached hydrogen (secondary N) is 2. The quantitative estimate of drug-likeness (QED) is 0.602. The highest BCUT2D eigenvalue weighted by molar-refractivity contribution is 5.79. The molecule has 1 aliphatic heterocycles. The van der Waals surface area contributed by atoms with Gasteiger partial charge in [-0.05, 0) is 19.8 Å². The van der Waals surface area contributed by atoms with E-state index >= 15 is 0 Å². The SMILES string of the molecule is CCNC(=NCc1ccon1)NCC1(N2CCOCC2)CCCCC1. The van der Waals surface area contributed by atoms with Crippen molar-refractivity contribution in [3.05, 3.63) is 18.0 Å². The Morgan fingerprint density at radius 1 is 1.24 bits per heavy atom. The molecule has 7 heteroatoms. The van der Waals surface area contributed by atoms with Crippen molar-refractivity contribution in [2.75, 3.05) is 39.4 Å². The van der Waals surface area contributed by atoms with Crippen LogP contribution in [0.4, 0.5) is 0 Å². The molecule has 1 saturated heterocycles. The van der Waals surface area contributed by atoms with Crippen molar-refractivity contribution >= 4 is 5.96 Å². The molecular formula is C18H31N5O2. The van der Waals surface area contributed by atoms with Crippen molar-refractivity contribution < 1.29 is 9.26 Å². The maximum Gasteiger partial charge on any atom is 0.191 e. The highest BCUT2D eigenvalue weighted by Crippen LogP contribution is 2.33. The Hall–Kier alpha value is -1.60. The molecule has 2 N–H and O–H groups in total. The molecule has 140 valence electrons. The number of guanidine groups is 1. The predicted molar refractivity (Wildman–Crippen MR) is 97.5 cm³/mol. The zero-order chi connectivity index (χ0) is 17.4. The molecule has 0 aromatic carbocycles. The fourth-order valence-corrected chi connectivity index (χ4v) is 3.92. The summed E-state index contributed by atoms with van der Waals surface area (Å²) >= 11 is 0. The minimum atomic E-state index is 0.228. The number of ether oxygens (including phenoxy) is 1. The van der Waals surface area contributed by atoms with Gasteiger partial charge in [-0.15, -0.1) is 0 Å². The highest BCUT2D eigenvalue weighted by Gasteiger charge is 2.38. The van der Waals surface area contributed by atoms with E-state index in [1.807, 2.05) is 6.07 Å². The van der Waals surface area contributed by atoms with Gasteiger partial charge in [0.15, 0.2) is 5.96 Å². The number of rotatable bonds is 6. The monoisotopic (exact) mass is 349 g/mol. The van der Waals surface area contributed by atoms with Crippen LogP contribution in [0, 0.1) is 0 Å². The molecule has 25 heavy (non-hydrogen) atoms. The van der Waals surface area contributed by atoms with E-state index in [2.05, 4.69) is 32.6 Å². The lowest BCUT2D eigenvalue weighted by Gasteiger charge is -2.48. The van der Waals surface area contributed by atoms with Gasteiger partial charge in [-0.3, -0.25) is 4.90 Å². The van der Waals surface area contributed by atoms with Gasteiger partial charge in [-0.2, -0.15) is 0 Å². The second kappa shape index (κ2) is 9.20. The third-order valence-electron chi connectivity index (χ3n) is 5.29. The fraction of sp³-hybridized carbons (Fsp3) is 0.778. The zero-order valence-electron chi connectivity index (χ0n) is 15.3. The van der Waals surface area contributed by atoms with E-state index in [0.29, 0.717) is 6.54 Å². The number of nitrogens with zero attached hydrogens (tertiary/aromatic N) is 3. The molecule has 1 saturated carbocycles. The molecule has 1 aromatic rings. The Morgan fingerprint density at radius 3 is 2.72 bits per heavy atom. The molecule has 1 aliphatic carbocycles. The average Bonchev–Trinajstić information content (AvgIpc) is 3.19. The van der Waals surface area contributed by atoms with Crippen molar-refractivity contribution in [1.29, 1.82) is 0 Å². The lowest BCUT2D eigenvalue weighted by atomic mass is 9.80. The van der Waals surface area contributed by atoms with Crippen molar-refractivity contribution in [2.24, 2.45) is 4.99 Å². The normalized spacial score (nSPS) is 21.9. The lowest BCUT2D eigenvalue weighted by Crippen LogP contribution is -2.60. The van der Waals surface area contributed by atoms with Crippen LogP contribution in [0.5, 0.6) is 0 Å². The zero-order valence-corrected chi connectivity index (χ0v) is 15.3. The second-order valence-corrected chi connectivity index (χ2v) is 6.92. The largest absolute Gasteiger partial charge is 0.379 e. The van der Waals surface area contributed by atoms with E-state index in [0.717, 1.165) is 51.0 Å². The van der Waals surface area contributed by atoms with Gasteiger partial charge in [0.2, 0.25) is 0 Å². The van der Waals surface area contributed by atoms with Crippen LogP contribution in [-0.4, -0.2) is 60.9 Å². The van der Waals surface area contributed by atoms with E-state index in [1.165, 1.54) is 32.1 Å². The molecule has 0 bridgehead atoms. The van der Waals surface area contributed by atoms with Gasteiger partial charge in [-0.1, -0.05) is 24.4 Å². The van der Waals surface area contributed by atoms with Crippen molar-refractivity contribution in [3.63, 3.8) is 0 Å². The second-order valence-electron chi connectivity index (χ2n) is 6.92. The Labute approximate surface area is 150 Å². The summed E-state index contributed by atoms with van der Waals surface area (Å²) in [5, 5.41) is 10.9. The summed E-state index contributed by atoms with van der Waals surface area (Å²) < 4.78 is 10.4. The van der Waals surface area contributed by atoms with Gasteiger partial charge in [-0.25, -0.2) is 4.99 Å². The van der Waals surface area contributed by atoms with Crippen molar-refractivity contribution in [3.8, 4) is 0 Å². The van der Waals surface area contributed by atoms with Crippen LogP contribution < -0.4 is 10.6 Å². The lowest BCUT2D eigenvalue weighted by molar-refractivity contribution is -0.0352. The van der Waals surface area contributed by atoms with Crippen molar-refractivity contribution in [2.45, 2.75) is 51.1 Å². The summed E-state index contributed by atoms with van der Waals surface area (Å²) in [6, 6.07) is 1.85. The molecule has 7 nitrogen and oxygen atoms in total. The minimum absolute atomic E-state index is 0.228. The van der Waals surface area contributed by atoms with Crippen LogP contribution in [-0.2, 0) is 11.3 Å². The van der Waals surface area contributed by atoms with E-state index in [1.54, 1.807) is 6.26 Å². The van der Waals surface area contributed by atoms with Crippen LogP contribution in [0.15, 0.2) is 21.8 Å². The predicted octanol–water partition coefficient (Wildman–Crippen LogP) is 1.76. The smallest absolute Gasteiger partial charge is 0.191 e. The van der Waals surface area contributed by atoms with Gasteiger partial charge < -0.3 is 19.9 Å². The number of hydrogen-bond donors (Lipinski definition) is 2. The third kappa shape index (κ3) is 4.95. The van der Waals surface area contributed by atoms with Crippen LogP contribution in [0.3, 0.4) is 0 Å². The van der Waals surface area contributed by atoms with Gasteiger partial charge in [0.1, 0.15) is 12.0 Å². The van der Waals surface area contributed by atoms with Gasteiger partial charge >= 0.3 is 0 Å². The van der Waals surface area contributed by atoms with Gasteiger partial charge in [0, 0.05) is 37.8 Å². The maximum atomic E-state index is 5.57. The molecule has 2 fully saturated rings. The Morgan fingerprint density at radius 2 is 2.04 bits per heavy atom. The summed E-state index contributed by atoms with van der Waals surface area (Å²) in [4.78, 5) is 7.29. The number of hydrogen-bond acceptors (Lipinski definition) is 5. The summed E-state index contributed by atoms with van der Waals surface area (Å²) in [7, 11) is 0. The summed E-state index contributed by atoms with van der Waals surface area (Å²) in [5.41, 5.74) is 1.07. The maximum absolute atomic E-state index is 5.57. The van der Waals surface area contributed by atoms with Crippen LogP contribution in [0.1, 0.15) is 44.7 Å². The van der Waals surface area contributed by atoms with E-state index in [4.69, 9.17) is 9.26 Å². The summed E-state index contributed by atoms with van der Waals surface area (Å²) in [6.45, 7) is 8.15. The fourth-order valence-electron chi connectivity index (χ4n) is 3.92.